The van der Waals surface area contributed by atoms with Crippen molar-refractivity contribution in [3.63, 3.8) is 0 Å². The van der Waals surface area contributed by atoms with Gasteiger partial charge in [-0.15, -0.1) is 11.3 Å². The minimum absolute atomic E-state index is 0.0251. The molecule has 4 rings (SSSR count). The molecule has 1 atom stereocenters. The van der Waals surface area contributed by atoms with Gasteiger partial charge in [0.25, 0.3) is 5.91 Å². The van der Waals surface area contributed by atoms with Crippen molar-refractivity contribution in [1.29, 1.82) is 0 Å². The quantitative estimate of drug-likeness (QED) is 0.773. The van der Waals surface area contributed by atoms with Crippen molar-refractivity contribution in [2.75, 3.05) is 17.2 Å². The van der Waals surface area contributed by atoms with Crippen LogP contribution >= 0.6 is 11.3 Å². The molecule has 3 aromatic rings. The van der Waals surface area contributed by atoms with E-state index >= 15 is 0 Å². The van der Waals surface area contributed by atoms with E-state index in [9.17, 15) is 4.79 Å². The molecule has 0 saturated heterocycles. The highest BCUT2D eigenvalue weighted by Gasteiger charge is 2.18. The number of carbonyl (C=O) groups is 1. The Hall–Kier alpha value is -2.67. The highest BCUT2D eigenvalue weighted by molar-refractivity contribution is 7.16. The van der Waals surface area contributed by atoms with Gasteiger partial charge >= 0.3 is 0 Å². The molecule has 116 valence electrons. The number of rotatable bonds is 3. The molecule has 0 bridgehead atoms. The topological polar surface area (TPSA) is 76.1 Å². The minimum atomic E-state index is -0.133. The fourth-order valence-corrected chi connectivity index (χ4v) is 3.30. The second-order valence-electron chi connectivity index (χ2n) is 5.32. The second kappa shape index (κ2) is 5.51. The van der Waals surface area contributed by atoms with Gasteiger partial charge in [0.1, 0.15) is 22.7 Å². The molecule has 1 aliphatic rings. The summed E-state index contributed by atoms with van der Waals surface area (Å²) in [6.45, 7) is 2.12. The van der Waals surface area contributed by atoms with Crippen molar-refractivity contribution in [3.8, 4) is 5.75 Å². The number of anilines is 2. The van der Waals surface area contributed by atoms with Crippen LogP contribution in [0.1, 0.15) is 18.5 Å². The van der Waals surface area contributed by atoms with E-state index in [1.165, 1.54) is 0 Å². The van der Waals surface area contributed by atoms with Gasteiger partial charge in [0.15, 0.2) is 6.61 Å². The molecule has 0 fully saturated rings. The van der Waals surface area contributed by atoms with Crippen LogP contribution in [0.15, 0.2) is 36.0 Å². The van der Waals surface area contributed by atoms with Crippen molar-refractivity contribution in [1.82, 2.24) is 9.97 Å². The molecule has 1 unspecified atom stereocenters. The highest BCUT2D eigenvalue weighted by atomic mass is 32.1. The molecule has 7 heteroatoms. The first-order valence-electron chi connectivity index (χ1n) is 7.22. The normalized spacial score (nSPS) is 14.7. The maximum absolute atomic E-state index is 11.4. The van der Waals surface area contributed by atoms with Crippen LogP contribution in [-0.4, -0.2) is 22.5 Å². The Morgan fingerprint density at radius 2 is 2.26 bits per heavy atom. The van der Waals surface area contributed by atoms with Gasteiger partial charge in [-0.3, -0.25) is 4.79 Å². The van der Waals surface area contributed by atoms with Crippen LogP contribution in [0.5, 0.6) is 5.75 Å². The molecule has 0 spiro atoms. The number of amides is 1. The molecular formula is C16H14N4O2S. The van der Waals surface area contributed by atoms with E-state index in [2.05, 4.69) is 20.6 Å². The summed E-state index contributed by atoms with van der Waals surface area (Å²) in [5.41, 5.74) is 1.74. The van der Waals surface area contributed by atoms with Crippen molar-refractivity contribution in [3.05, 3.63) is 41.5 Å². The molecule has 2 N–H and O–H groups in total. The lowest BCUT2D eigenvalue weighted by molar-refractivity contribution is -0.118. The van der Waals surface area contributed by atoms with Gasteiger partial charge in [-0.05, 0) is 36.1 Å². The Kier molecular flexibility index (Phi) is 3.34. The Labute approximate surface area is 136 Å². The van der Waals surface area contributed by atoms with Gasteiger partial charge < -0.3 is 15.4 Å². The highest BCUT2D eigenvalue weighted by Crippen LogP contribution is 2.32. The number of carbonyl (C=O) groups excluding carboxylic acids is 1. The van der Waals surface area contributed by atoms with E-state index in [4.69, 9.17) is 4.74 Å². The summed E-state index contributed by atoms with van der Waals surface area (Å²) in [5, 5.41) is 9.25. The lowest BCUT2D eigenvalue weighted by Gasteiger charge is -2.21. The molecule has 1 aliphatic heterocycles. The number of hydrogen-bond donors (Lipinski definition) is 2. The van der Waals surface area contributed by atoms with Gasteiger partial charge in [-0.25, -0.2) is 9.97 Å². The van der Waals surface area contributed by atoms with Crippen LogP contribution in [0.4, 0.5) is 11.5 Å². The Morgan fingerprint density at radius 3 is 3.17 bits per heavy atom. The molecule has 0 saturated carbocycles. The number of nitrogens with zero attached hydrogens (tertiary/aromatic N) is 2. The van der Waals surface area contributed by atoms with Crippen LogP contribution in [0, 0.1) is 0 Å². The zero-order valence-electron chi connectivity index (χ0n) is 12.4. The van der Waals surface area contributed by atoms with Gasteiger partial charge in [0.05, 0.1) is 17.1 Å². The Bertz CT molecular complexity index is 893. The van der Waals surface area contributed by atoms with Crippen LogP contribution in [-0.2, 0) is 4.79 Å². The van der Waals surface area contributed by atoms with Gasteiger partial charge in [-0.2, -0.15) is 0 Å². The van der Waals surface area contributed by atoms with E-state index < -0.39 is 0 Å². The SMILES string of the molecule is CC(Nc1ncnc2sccc12)c1ccc2c(c1)NC(=O)CO2. The van der Waals surface area contributed by atoms with Crippen molar-refractivity contribution in [2.24, 2.45) is 0 Å². The maximum Gasteiger partial charge on any atom is 0.262 e. The van der Waals surface area contributed by atoms with Crippen molar-refractivity contribution >= 4 is 39.0 Å². The Balaban J connectivity index is 1.62. The van der Waals surface area contributed by atoms with E-state index in [0.717, 1.165) is 21.6 Å². The molecule has 6 nitrogen and oxygen atoms in total. The van der Waals surface area contributed by atoms with Crippen LogP contribution in [0.3, 0.4) is 0 Å². The monoisotopic (exact) mass is 326 g/mol. The molecule has 0 radical (unpaired) electrons. The second-order valence-corrected chi connectivity index (χ2v) is 6.21. The number of aromatic nitrogens is 2. The van der Waals surface area contributed by atoms with Gasteiger partial charge in [0, 0.05) is 0 Å². The number of thiophene rings is 1. The van der Waals surface area contributed by atoms with E-state index in [0.29, 0.717) is 11.4 Å². The third-order valence-corrected chi connectivity index (χ3v) is 4.57. The summed E-state index contributed by atoms with van der Waals surface area (Å²) in [4.78, 5) is 21.0. The van der Waals surface area contributed by atoms with E-state index in [-0.39, 0.29) is 18.6 Å². The van der Waals surface area contributed by atoms with Crippen molar-refractivity contribution < 1.29 is 9.53 Å². The van der Waals surface area contributed by atoms with Crippen LogP contribution in [0.2, 0.25) is 0 Å². The third-order valence-electron chi connectivity index (χ3n) is 3.75. The fourth-order valence-electron chi connectivity index (χ4n) is 2.56. The van der Waals surface area contributed by atoms with Gasteiger partial charge in [-0.1, -0.05) is 6.07 Å². The van der Waals surface area contributed by atoms with Crippen molar-refractivity contribution in [2.45, 2.75) is 13.0 Å². The third kappa shape index (κ3) is 2.59. The molecule has 2 aromatic heterocycles. The number of benzene rings is 1. The predicted molar refractivity (Wildman–Crippen MR) is 90.0 cm³/mol. The van der Waals surface area contributed by atoms with E-state index in [1.807, 2.05) is 36.6 Å². The maximum atomic E-state index is 11.4. The Morgan fingerprint density at radius 1 is 1.35 bits per heavy atom. The standard InChI is InChI=1S/C16H14N4O2S/c1-9(19-15-11-4-5-23-16(11)18-8-17-15)10-2-3-13-12(6-10)20-14(21)7-22-13/h2-6,8-9H,7H2,1H3,(H,20,21)(H,17,18,19). The number of ether oxygens (including phenoxy) is 1. The summed E-state index contributed by atoms with van der Waals surface area (Å²) in [7, 11) is 0. The molecule has 3 heterocycles. The minimum Gasteiger partial charge on any atom is -0.482 e. The molecule has 1 amide bonds. The number of fused-ring (bicyclic) bond motifs is 2. The lowest BCUT2D eigenvalue weighted by atomic mass is 10.1. The summed E-state index contributed by atoms with van der Waals surface area (Å²) in [6, 6.07) is 7.83. The largest absolute Gasteiger partial charge is 0.482 e. The number of nitrogens with one attached hydrogen (secondary N) is 2. The first-order valence-corrected chi connectivity index (χ1v) is 8.10. The zero-order chi connectivity index (χ0) is 15.8. The van der Waals surface area contributed by atoms with Gasteiger partial charge in [0.2, 0.25) is 0 Å². The first-order chi connectivity index (χ1) is 11.2. The van der Waals surface area contributed by atoms with Crippen LogP contribution < -0.4 is 15.4 Å². The molecule has 0 aliphatic carbocycles. The smallest absolute Gasteiger partial charge is 0.262 e. The average Bonchev–Trinajstić information content (AvgIpc) is 3.03. The fraction of sp³-hybridized carbons (Fsp3) is 0.188. The zero-order valence-corrected chi connectivity index (χ0v) is 13.2. The summed E-state index contributed by atoms with van der Waals surface area (Å²) in [5.74, 6) is 1.37. The lowest BCUT2D eigenvalue weighted by Crippen LogP contribution is -2.25. The molecular weight excluding hydrogens is 312 g/mol. The van der Waals surface area contributed by atoms with E-state index in [1.54, 1.807) is 17.7 Å². The predicted octanol–water partition coefficient (Wildman–Crippen LogP) is 3.20. The molecule has 1 aromatic carbocycles. The number of hydrogen-bond acceptors (Lipinski definition) is 6. The summed E-state index contributed by atoms with van der Waals surface area (Å²) < 4.78 is 5.38. The van der Waals surface area contributed by atoms with Crippen LogP contribution in [0.25, 0.3) is 10.2 Å². The summed E-state index contributed by atoms with van der Waals surface area (Å²) in [6.07, 6.45) is 1.56. The molecule has 23 heavy (non-hydrogen) atoms. The first kappa shape index (κ1) is 14.0. The average molecular weight is 326 g/mol. The summed E-state index contributed by atoms with van der Waals surface area (Å²) >= 11 is 1.59.